The molecule has 2 fully saturated rings. The Morgan fingerprint density at radius 1 is 1.30 bits per heavy atom. The normalized spacial score (nSPS) is 25.9. The molecule has 2 saturated heterocycles. The van der Waals surface area contributed by atoms with E-state index in [1.165, 1.54) is 5.56 Å². The highest BCUT2D eigenvalue weighted by Gasteiger charge is 2.37. The fraction of sp³-hybridized carbons (Fsp3) is 0.556. The topological polar surface area (TPSA) is 43.0 Å². The SMILES string of the molecule is C=CCOc1ccc(CN2CCO[C@]3(CNCCOC3)C2)cc1. The van der Waals surface area contributed by atoms with Gasteiger partial charge in [-0.15, -0.1) is 0 Å². The molecule has 2 aliphatic rings. The quantitative estimate of drug-likeness (QED) is 0.832. The Hall–Kier alpha value is -1.40. The number of hydrogen-bond donors (Lipinski definition) is 1. The van der Waals surface area contributed by atoms with Crippen LogP contribution in [-0.4, -0.2) is 63.1 Å². The molecule has 1 spiro atoms. The Morgan fingerprint density at radius 2 is 2.17 bits per heavy atom. The van der Waals surface area contributed by atoms with Gasteiger partial charge < -0.3 is 19.5 Å². The van der Waals surface area contributed by atoms with Gasteiger partial charge in [0.25, 0.3) is 0 Å². The number of benzene rings is 1. The fourth-order valence-electron chi connectivity index (χ4n) is 3.13. The van der Waals surface area contributed by atoms with Gasteiger partial charge >= 0.3 is 0 Å². The highest BCUT2D eigenvalue weighted by atomic mass is 16.5. The summed E-state index contributed by atoms with van der Waals surface area (Å²) in [5, 5.41) is 3.42. The smallest absolute Gasteiger partial charge is 0.119 e. The number of nitrogens with one attached hydrogen (secondary N) is 1. The van der Waals surface area contributed by atoms with Crippen LogP contribution in [0.15, 0.2) is 36.9 Å². The van der Waals surface area contributed by atoms with Gasteiger partial charge in [-0.05, 0) is 17.7 Å². The summed E-state index contributed by atoms with van der Waals surface area (Å²) in [5.74, 6) is 0.883. The van der Waals surface area contributed by atoms with Gasteiger partial charge in [0.2, 0.25) is 0 Å². The van der Waals surface area contributed by atoms with Crippen LogP contribution in [0, 0.1) is 0 Å². The van der Waals surface area contributed by atoms with Crippen LogP contribution in [0.3, 0.4) is 0 Å². The lowest BCUT2D eigenvalue weighted by molar-refractivity contribution is -0.135. The standard InChI is InChI=1S/C18H26N2O3/c1-2-9-22-17-5-3-16(4-6-17)12-20-8-11-23-18(14-20)13-19-7-10-21-15-18/h2-6,19H,1,7-15H2/t18-/m1/s1. The first-order valence-corrected chi connectivity index (χ1v) is 8.27. The monoisotopic (exact) mass is 318 g/mol. The summed E-state index contributed by atoms with van der Waals surface area (Å²) in [7, 11) is 0. The number of morpholine rings is 1. The van der Waals surface area contributed by atoms with E-state index < -0.39 is 0 Å². The van der Waals surface area contributed by atoms with Crippen LogP contribution in [0.4, 0.5) is 0 Å². The van der Waals surface area contributed by atoms with E-state index in [4.69, 9.17) is 14.2 Å². The number of nitrogens with zero attached hydrogens (tertiary/aromatic N) is 1. The molecule has 5 nitrogen and oxygen atoms in total. The van der Waals surface area contributed by atoms with E-state index in [1.807, 2.05) is 12.1 Å². The molecular formula is C18H26N2O3. The number of hydrogen-bond acceptors (Lipinski definition) is 5. The first-order valence-electron chi connectivity index (χ1n) is 8.27. The summed E-state index contributed by atoms with van der Waals surface area (Å²) in [4.78, 5) is 2.44. The molecule has 1 N–H and O–H groups in total. The maximum atomic E-state index is 6.06. The van der Waals surface area contributed by atoms with E-state index in [2.05, 4.69) is 28.9 Å². The molecule has 3 rings (SSSR count). The lowest BCUT2D eigenvalue weighted by Gasteiger charge is -2.41. The predicted molar refractivity (Wildman–Crippen MR) is 89.8 cm³/mol. The minimum Gasteiger partial charge on any atom is -0.490 e. The second kappa shape index (κ2) is 7.93. The number of ether oxygens (including phenoxy) is 3. The van der Waals surface area contributed by atoms with Crippen LogP contribution in [0.1, 0.15) is 5.56 Å². The molecule has 2 heterocycles. The fourth-order valence-corrected chi connectivity index (χ4v) is 3.13. The average Bonchev–Trinajstić information content (AvgIpc) is 2.80. The first-order chi connectivity index (χ1) is 11.3. The molecule has 0 saturated carbocycles. The van der Waals surface area contributed by atoms with E-state index >= 15 is 0 Å². The number of rotatable bonds is 5. The molecule has 0 unspecified atom stereocenters. The van der Waals surface area contributed by atoms with Gasteiger partial charge in [0.1, 0.15) is 18.0 Å². The summed E-state index contributed by atoms with van der Waals surface area (Å²) >= 11 is 0. The van der Waals surface area contributed by atoms with Crippen molar-refractivity contribution in [3.05, 3.63) is 42.5 Å². The van der Waals surface area contributed by atoms with Gasteiger partial charge in [-0.25, -0.2) is 0 Å². The van der Waals surface area contributed by atoms with Gasteiger partial charge in [0, 0.05) is 32.7 Å². The third kappa shape index (κ3) is 4.54. The Kier molecular flexibility index (Phi) is 5.67. The van der Waals surface area contributed by atoms with Crippen molar-refractivity contribution < 1.29 is 14.2 Å². The van der Waals surface area contributed by atoms with E-state index in [9.17, 15) is 0 Å². The van der Waals surface area contributed by atoms with Crippen molar-refractivity contribution in [1.82, 2.24) is 10.2 Å². The Balaban J connectivity index is 1.57. The van der Waals surface area contributed by atoms with E-state index in [0.717, 1.165) is 51.7 Å². The van der Waals surface area contributed by atoms with Crippen molar-refractivity contribution >= 4 is 0 Å². The van der Waals surface area contributed by atoms with Gasteiger partial charge in [0.15, 0.2) is 0 Å². The summed E-state index contributed by atoms with van der Waals surface area (Å²) in [6.45, 7) is 10.9. The maximum Gasteiger partial charge on any atom is 0.119 e. The van der Waals surface area contributed by atoms with Crippen LogP contribution in [0.2, 0.25) is 0 Å². The van der Waals surface area contributed by atoms with Crippen LogP contribution in [0.5, 0.6) is 5.75 Å². The molecule has 126 valence electrons. The van der Waals surface area contributed by atoms with E-state index in [1.54, 1.807) is 6.08 Å². The third-order valence-electron chi connectivity index (χ3n) is 4.26. The minimum atomic E-state index is -0.207. The van der Waals surface area contributed by atoms with Crippen molar-refractivity contribution in [2.24, 2.45) is 0 Å². The molecule has 5 heteroatoms. The van der Waals surface area contributed by atoms with Gasteiger partial charge in [-0.1, -0.05) is 24.8 Å². The van der Waals surface area contributed by atoms with Crippen molar-refractivity contribution in [1.29, 1.82) is 0 Å². The highest BCUT2D eigenvalue weighted by molar-refractivity contribution is 5.27. The first kappa shape index (κ1) is 16.5. The van der Waals surface area contributed by atoms with Crippen molar-refractivity contribution in [2.45, 2.75) is 12.1 Å². The lowest BCUT2D eigenvalue weighted by atomic mass is 10.0. The van der Waals surface area contributed by atoms with E-state index in [-0.39, 0.29) is 5.60 Å². The second-order valence-electron chi connectivity index (χ2n) is 6.22. The summed E-state index contributed by atoms with van der Waals surface area (Å²) in [5.41, 5.74) is 1.08. The van der Waals surface area contributed by atoms with E-state index in [0.29, 0.717) is 13.2 Å². The molecule has 0 amide bonds. The van der Waals surface area contributed by atoms with Gasteiger partial charge in [0.05, 0.1) is 19.8 Å². The largest absolute Gasteiger partial charge is 0.490 e. The Labute approximate surface area is 138 Å². The van der Waals surface area contributed by atoms with Crippen LogP contribution in [-0.2, 0) is 16.0 Å². The van der Waals surface area contributed by atoms with Crippen LogP contribution < -0.4 is 10.1 Å². The van der Waals surface area contributed by atoms with Gasteiger partial charge in [-0.3, -0.25) is 4.90 Å². The molecule has 2 aliphatic heterocycles. The van der Waals surface area contributed by atoms with Crippen molar-refractivity contribution in [2.75, 3.05) is 52.6 Å². The Morgan fingerprint density at radius 3 is 3.00 bits per heavy atom. The highest BCUT2D eigenvalue weighted by Crippen LogP contribution is 2.22. The molecule has 0 radical (unpaired) electrons. The molecule has 0 aromatic heterocycles. The molecular weight excluding hydrogens is 292 g/mol. The molecule has 0 bridgehead atoms. The molecule has 23 heavy (non-hydrogen) atoms. The van der Waals surface area contributed by atoms with Crippen molar-refractivity contribution in [3.63, 3.8) is 0 Å². The second-order valence-corrected chi connectivity index (χ2v) is 6.22. The molecule has 1 atom stereocenters. The zero-order valence-electron chi connectivity index (χ0n) is 13.6. The third-order valence-corrected chi connectivity index (χ3v) is 4.26. The zero-order chi connectivity index (χ0) is 16.0. The Bertz CT molecular complexity index is 495. The minimum absolute atomic E-state index is 0.207. The molecule has 0 aliphatic carbocycles. The van der Waals surface area contributed by atoms with Gasteiger partial charge in [-0.2, -0.15) is 0 Å². The predicted octanol–water partition coefficient (Wildman–Crippen LogP) is 1.44. The lowest BCUT2D eigenvalue weighted by Crippen LogP contribution is -2.57. The van der Waals surface area contributed by atoms with Crippen LogP contribution in [0.25, 0.3) is 0 Å². The van der Waals surface area contributed by atoms with Crippen LogP contribution >= 0.6 is 0 Å². The summed E-state index contributed by atoms with van der Waals surface area (Å²) < 4.78 is 17.3. The average molecular weight is 318 g/mol. The molecule has 1 aromatic carbocycles. The summed E-state index contributed by atoms with van der Waals surface area (Å²) in [6, 6.07) is 8.29. The maximum absolute atomic E-state index is 6.06. The zero-order valence-corrected chi connectivity index (χ0v) is 13.6. The summed E-state index contributed by atoms with van der Waals surface area (Å²) in [6.07, 6.45) is 1.75. The van der Waals surface area contributed by atoms with Crippen molar-refractivity contribution in [3.8, 4) is 5.75 Å². The molecule has 1 aromatic rings.